The summed E-state index contributed by atoms with van der Waals surface area (Å²) < 4.78 is 23.9. The van der Waals surface area contributed by atoms with Crippen molar-refractivity contribution in [1.29, 1.82) is 0 Å². The Hall–Kier alpha value is -7.27. The zero-order valence-corrected chi connectivity index (χ0v) is 40.8. The van der Waals surface area contributed by atoms with Crippen molar-refractivity contribution in [2.24, 2.45) is 4.99 Å². The van der Waals surface area contributed by atoms with Crippen LogP contribution < -0.4 is 24.4 Å². The number of unbranched alkanes of at least 4 members (excludes halogenated alkanes) is 4. The minimum absolute atomic E-state index is 0.0281. The molecule has 0 spiro atoms. The highest BCUT2D eigenvalue weighted by Gasteiger charge is 2.46. The maximum Gasteiger partial charge on any atom is 0.416 e. The van der Waals surface area contributed by atoms with Gasteiger partial charge in [-0.3, -0.25) is 33.9 Å². The molecule has 0 radical (unpaired) electrons. The van der Waals surface area contributed by atoms with Crippen LogP contribution in [0.15, 0.2) is 89.0 Å². The third-order valence-electron chi connectivity index (χ3n) is 13.7. The van der Waals surface area contributed by atoms with E-state index in [-0.39, 0.29) is 59.9 Å². The molecule has 2 saturated heterocycles. The molecule has 3 atom stereocenters. The first-order valence-electron chi connectivity index (χ1n) is 24.5. The Morgan fingerprint density at radius 3 is 2.18 bits per heavy atom. The van der Waals surface area contributed by atoms with E-state index in [0.717, 1.165) is 23.3 Å². The molecule has 0 bridgehead atoms. The second kappa shape index (κ2) is 22.7. The summed E-state index contributed by atoms with van der Waals surface area (Å²) >= 11 is 0. The molecule has 5 amide bonds. The molecule has 5 aliphatic rings. The average Bonchev–Trinajstić information content (AvgIpc) is 4.07. The Kier molecular flexibility index (Phi) is 16.0. The number of rotatable bonds is 20. The molecular formula is C54H62N6O11. The minimum Gasteiger partial charge on any atom is -0.493 e. The van der Waals surface area contributed by atoms with Gasteiger partial charge in [-0.25, -0.2) is 9.69 Å². The standard InChI is InChI=1S/C54H62N6O11/c1-5-35-24-39-29-56-43-27-48(47(68-4)26-41(43)51(64)58(39)31-35)70-22-12-8-11-21-69-46-28-44-42(23-34(46)3)52(65)59-32-36(6-2)25-45(59)53(66)60(44)54(67)71-33-37-14-16-38(17-15-37)55-30-40(61)13-9-7-10-20-57-49(62)18-19-50(57)63/h5-6,14-19,23,26-29,39,45,53,55,66H,7-13,20-22,24-25,30-33H2,1-4H3/b35-5+,36-6+/t39-,45-,53-/m0/s1. The summed E-state index contributed by atoms with van der Waals surface area (Å²) in [6.45, 7) is 7.73. The van der Waals surface area contributed by atoms with Gasteiger partial charge in [0.2, 0.25) is 0 Å². The van der Waals surface area contributed by atoms with Crippen molar-refractivity contribution in [2.45, 2.75) is 103 Å². The van der Waals surface area contributed by atoms with Gasteiger partial charge in [0.15, 0.2) is 23.5 Å². The molecule has 8 rings (SSSR count). The molecule has 2 fully saturated rings. The number of methoxy groups -OCH3 is 1. The van der Waals surface area contributed by atoms with Crippen molar-refractivity contribution in [3.63, 3.8) is 0 Å². The minimum atomic E-state index is -1.41. The molecule has 71 heavy (non-hydrogen) atoms. The van der Waals surface area contributed by atoms with Crippen molar-refractivity contribution in [3.05, 3.63) is 106 Å². The van der Waals surface area contributed by atoms with Crippen LogP contribution in [0.3, 0.4) is 0 Å². The number of Topliss-reactive ketones (excluding diaryl/α,β-unsaturated/α-hetero) is 1. The number of aliphatic hydroxyl groups excluding tert-OH is 1. The Labute approximate surface area is 413 Å². The fourth-order valence-corrected chi connectivity index (χ4v) is 9.51. The average molecular weight is 971 g/mol. The molecule has 0 aliphatic carbocycles. The third kappa shape index (κ3) is 11.4. The van der Waals surface area contributed by atoms with Gasteiger partial charge in [-0.2, -0.15) is 0 Å². The fraction of sp³-hybridized carbons (Fsp3) is 0.426. The Balaban J connectivity index is 0.838. The summed E-state index contributed by atoms with van der Waals surface area (Å²) in [5, 5.41) is 15.0. The second-order valence-corrected chi connectivity index (χ2v) is 18.4. The van der Waals surface area contributed by atoms with Crippen molar-refractivity contribution in [1.82, 2.24) is 14.7 Å². The normalized spacial score (nSPS) is 20.3. The number of aryl methyl sites for hydroxylation is 1. The Morgan fingerprint density at radius 2 is 1.46 bits per heavy atom. The van der Waals surface area contributed by atoms with E-state index >= 15 is 0 Å². The molecule has 0 aromatic heterocycles. The molecule has 0 unspecified atom stereocenters. The first kappa shape index (κ1) is 50.1. The first-order valence-corrected chi connectivity index (χ1v) is 24.5. The lowest BCUT2D eigenvalue weighted by Crippen LogP contribution is -2.50. The lowest BCUT2D eigenvalue weighted by Gasteiger charge is -2.31. The molecule has 3 aromatic rings. The topological polar surface area (TPSA) is 197 Å². The summed E-state index contributed by atoms with van der Waals surface area (Å²) in [6.07, 6.45) is 11.8. The van der Waals surface area contributed by atoms with Crippen LogP contribution in [0.1, 0.15) is 103 Å². The van der Waals surface area contributed by atoms with Gasteiger partial charge < -0.3 is 39.2 Å². The number of anilines is 2. The van der Waals surface area contributed by atoms with Crippen molar-refractivity contribution in [2.75, 3.05) is 56.7 Å². The number of carbonyl (C=O) groups is 6. The van der Waals surface area contributed by atoms with E-state index in [0.29, 0.717) is 123 Å². The number of nitrogens with zero attached hydrogens (tertiary/aromatic N) is 5. The largest absolute Gasteiger partial charge is 0.493 e. The number of aliphatic hydroxyl groups is 1. The van der Waals surface area contributed by atoms with Crippen LogP contribution in [0.2, 0.25) is 0 Å². The summed E-state index contributed by atoms with van der Waals surface area (Å²) in [7, 11) is 1.55. The lowest BCUT2D eigenvalue weighted by molar-refractivity contribution is -0.136. The zero-order valence-electron chi connectivity index (χ0n) is 40.8. The number of imide groups is 1. The number of nitrogens with one attached hydrogen (secondary N) is 1. The molecule has 3 aromatic carbocycles. The zero-order chi connectivity index (χ0) is 50.2. The van der Waals surface area contributed by atoms with E-state index in [4.69, 9.17) is 18.9 Å². The number of amides is 5. The quantitative estimate of drug-likeness (QED) is 0.0640. The molecule has 0 saturated carbocycles. The van der Waals surface area contributed by atoms with Gasteiger partial charge >= 0.3 is 6.09 Å². The highest BCUT2D eigenvalue weighted by molar-refractivity contribution is 6.13. The Morgan fingerprint density at radius 1 is 0.789 bits per heavy atom. The van der Waals surface area contributed by atoms with E-state index in [2.05, 4.69) is 16.4 Å². The maximum atomic E-state index is 14.1. The molecule has 2 N–H and O–H groups in total. The van der Waals surface area contributed by atoms with E-state index in [1.165, 1.54) is 22.6 Å². The van der Waals surface area contributed by atoms with Crippen LogP contribution in [0.25, 0.3) is 0 Å². The van der Waals surface area contributed by atoms with Crippen molar-refractivity contribution >= 4 is 58.8 Å². The smallest absolute Gasteiger partial charge is 0.416 e. The predicted molar refractivity (Wildman–Crippen MR) is 267 cm³/mol. The van der Waals surface area contributed by atoms with Gasteiger partial charge in [-0.05, 0) is 101 Å². The van der Waals surface area contributed by atoms with Gasteiger partial charge in [0.25, 0.3) is 23.6 Å². The highest BCUT2D eigenvalue weighted by atomic mass is 16.6. The van der Waals surface area contributed by atoms with Gasteiger partial charge in [-0.1, -0.05) is 41.9 Å². The second-order valence-electron chi connectivity index (χ2n) is 18.4. The summed E-state index contributed by atoms with van der Waals surface area (Å²) in [6, 6.07) is 13.2. The molecule has 17 nitrogen and oxygen atoms in total. The van der Waals surface area contributed by atoms with E-state index in [9.17, 15) is 33.9 Å². The van der Waals surface area contributed by atoms with Crippen LogP contribution in [0.4, 0.5) is 21.9 Å². The van der Waals surface area contributed by atoms with Crippen molar-refractivity contribution < 1.29 is 52.8 Å². The lowest BCUT2D eigenvalue weighted by atomic mass is 10.1. The number of allylic oxidation sites excluding steroid dienone is 2. The molecule has 5 heterocycles. The first-order chi connectivity index (χ1) is 34.4. The number of aliphatic imine (C=N–C) groups is 1. The molecular weight excluding hydrogens is 909 g/mol. The van der Waals surface area contributed by atoms with E-state index in [1.54, 1.807) is 60.5 Å². The van der Waals surface area contributed by atoms with Gasteiger partial charge in [0, 0.05) is 62.2 Å². The maximum absolute atomic E-state index is 14.1. The fourth-order valence-electron chi connectivity index (χ4n) is 9.51. The van der Waals surface area contributed by atoms with Crippen LogP contribution in [-0.2, 0) is 25.7 Å². The number of hydrogen-bond donors (Lipinski definition) is 2. The van der Waals surface area contributed by atoms with Crippen LogP contribution >= 0.6 is 0 Å². The predicted octanol–water partition coefficient (Wildman–Crippen LogP) is 7.61. The SMILES string of the molecule is C/C=C1\C[C@H]2C=Nc3cc(OCCCCCOc4cc5c(cc4C)C(=O)N4C/C(=C/C)C[C@H]4[C@H](O)N5C(=O)OCc4ccc(NCC(=O)CCCCCN5C(=O)C=CC5=O)cc4)c(OC)cc3C(=O)N2C1. The number of fused-ring (bicyclic) bond motifs is 4. The van der Waals surface area contributed by atoms with Crippen molar-refractivity contribution in [3.8, 4) is 17.2 Å². The number of carbonyl (C=O) groups excluding carboxylic acids is 6. The van der Waals surface area contributed by atoms with Gasteiger partial charge in [-0.15, -0.1) is 0 Å². The van der Waals surface area contributed by atoms with E-state index in [1.807, 2.05) is 38.0 Å². The number of hydrogen-bond acceptors (Lipinski definition) is 13. The summed E-state index contributed by atoms with van der Waals surface area (Å²) in [5.74, 6) is 0.481. The third-order valence-corrected chi connectivity index (χ3v) is 13.7. The van der Waals surface area contributed by atoms with Crippen LogP contribution in [0.5, 0.6) is 17.2 Å². The molecule has 5 aliphatic heterocycles. The van der Waals surface area contributed by atoms with Gasteiger partial charge in [0.05, 0.1) is 61.5 Å². The van der Waals surface area contributed by atoms with Crippen LogP contribution in [-0.4, -0.2) is 126 Å². The van der Waals surface area contributed by atoms with Gasteiger partial charge in [0.1, 0.15) is 12.4 Å². The number of ketones is 1. The summed E-state index contributed by atoms with van der Waals surface area (Å²) in [4.78, 5) is 88.1. The molecule has 17 heteroatoms. The summed E-state index contributed by atoms with van der Waals surface area (Å²) in [5.41, 5.74) is 5.75. The monoisotopic (exact) mass is 970 g/mol. The van der Waals surface area contributed by atoms with E-state index < -0.39 is 18.4 Å². The number of ether oxygens (including phenoxy) is 4. The highest BCUT2D eigenvalue weighted by Crippen LogP contribution is 2.41. The van der Waals surface area contributed by atoms with Crippen LogP contribution in [0, 0.1) is 6.92 Å². The molecule has 374 valence electrons. The number of benzene rings is 3. The Bertz CT molecular complexity index is 2660.